The smallest absolute Gasteiger partial charge is 0.233 e. The van der Waals surface area contributed by atoms with Gasteiger partial charge in [-0.05, 0) is 12.1 Å². The number of nitrogens with zero attached hydrogens (tertiary/aromatic N) is 1. The molecule has 1 aliphatic rings. The molecule has 4 nitrogen and oxygen atoms in total. The topological polar surface area (TPSA) is 69.1 Å². The number of hydrogen-bond donors (Lipinski definition) is 1. The number of Topliss-reactive ketones (excluding diaryl/α,β-unsaturated/α-hetero) is 1. The van der Waals surface area contributed by atoms with Crippen molar-refractivity contribution in [1.29, 1.82) is 0 Å². The number of nitrogens with two attached hydrogens (primary N) is 1. The van der Waals surface area contributed by atoms with Crippen molar-refractivity contribution in [2.45, 2.75) is 0 Å². The second-order valence-electron chi connectivity index (χ2n) is 3.44. The van der Waals surface area contributed by atoms with Gasteiger partial charge in [0.25, 0.3) is 0 Å². The van der Waals surface area contributed by atoms with Crippen LogP contribution in [0.3, 0.4) is 0 Å². The van der Waals surface area contributed by atoms with Crippen LogP contribution in [-0.2, 0) is 4.79 Å². The van der Waals surface area contributed by atoms with E-state index in [0.717, 1.165) is 5.52 Å². The molecule has 1 aromatic carbocycles. The number of thioether (sulfide) groups is 1. The molecule has 0 aliphatic carbocycles. The molecule has 5 heteroatoms. The second-order valence-corrected chi connectivity index (χ2v) is 4.46. The molecule has 0 unspecified atom stereocenters. The van der Waals surface area contributed by atoms with Gasteiger partial charge in [0.15, 0.2) is 11.4 Å². The molecule has 0 atom stereocenters. The number of carbonyl (C=O) groups is 1. The average Bonchev–Trinajstić information content (AvgIpc) is 2.82. The van der Waals surface area contributed by atoms with Crippen molar-refractivity contribution in [3.05, 3.63) is 35.2 Å². The van der Waals surface area contributed by atoms with E-state index in [0.29, 0.717) is 27.8 Å². The SMILES string of the molecule is NC1=C(c2nc3ccccc3o2)C(=O)CS1. The molecular formula is C11H8N2O2S. The first-order valence-corrected chi connectivity index (χ1v) is 5.76. The summed E-state index contributed by atoms with van der Waals surface area (Å²) in [7, 11) is 0. The lowest BCUT2D eigenvalue weighted by atomic mass is 10.2. The third-order valence-electron chi connectivity index (χ3n) is 2.39. The predicted octanol–water partition coefficient (Wildman–Crippen LogP) is 1.77. The summed E-state index contributed by atoms with van der Waals surface area (Å²) in [6.45, 7) is 0. The zero-order chi connectivity index (χ0) is 11.1. The van der Waals surface area contributed by atoms with E-state index in [4.69, 9.17) is 10.2 Å². The highest BCUT2D eigenvalue weighted by Gasteiger charge is 2.27. The number of rotatable bonds is 1. The van der Waals surface area contributed by atoms with Crippen molar-refractivity contribution < 1.29 is 9.21 Å². The molecule has 3 rings (SSSR count). The Hall–Kier alpha value is -1.75. The molecule has 0 saturated heterocycles. The minimum absolute atomic E-state index is 0.0194. The maximum atomic E-state index is 11.6. The number of allylic oxidation sites excluding steroid dienone is 1. The third-order valence-corrected chi connectivity index (χ3v) is 3.31. The van der Waals surface area contributed by atoms with Gasteiger partial charge in [0, 0.05) is 0 Å². The van der Waals surface area contributed by atoms with Gasteiger partial charge in [-0.15, -0.1) is 0 Å². The van der Waals surface area contributed by atoms with E-state index in [-0.39, 0.29) is 5.78 Å². The Morgan fingerprint density at radius 3 is 2.88 bits per heavy atom. The van der Waals surface area contributed by atoms with Gasteiger partial charge in [0.1, 0.15) is 11.1 Å². The zero-order valence-electron chi connectivity index (χ0n) is 8.27. The van der Waals surface area contributed by atoms with E-state index in [9.17, 15) is 4.79 Å². The Bertz CT molecular complexity index is 582. The van der Waals surface area contributed by atoms with E-state index in [1.807, 2.05) is 24.3 Å². The minimum Gasteiger partial charge on any atom is -0.436 e. The molecule has 0 spiro atoms. The third kappa shape index (κ3) is 1.32. The monoisotopic (exact) mass is 232 g/mol. The fourth-order valence-corrected chi connectivity index (χ4v) is 2.41. The van der Waals surface area contributed by atoms with Crippen LogP contribution in [0.1, 0.15) is 5.89 Å². The number of oxazole rings is 1. The van der Waals surface area contributed by atoms with E-state index >= 15 is 0 Å². The van der Waals surface area contributed by atoms with Gasteiger partial charge in [-0.2, -0.15) is 0 Å². The van der Waals surface area contributed by atoms with Crippen molar-refractivity contribution in [1.82, 2.24) is 4.98 Å². The highest BCUT2D eigenvalue weighted by atomic mass is 32.2. The molecule has 0 saturated carbocycles. The fraction of sp³-hybridized carbons (Fsp3) is 0.0909. The van der Waals surface area contributed by atoms with Crippen LogP contribution >= 0.6 is 11.8 Å². The summed E-state index contributed by atoms with van der Waals surface area (Å²) in [6, 6.07) is 7.39. The predicted molar refractivity (Wildman–Crippen MR) is 62.6 cm³/mol. The Morgan fingerprint density at radius 2 is 2.19 bits per heavy atom. The van der Waals surface area contributed by atoms with Gasteiger partial charge in [-0.1, -0.05) is 23.9 Å². The number of fused-ring (bicyclic) bond motifs is 1. The highest BCUT2D eigenvalue weighted by molar-refractivity contribution is 8.04. The molecule has 2 aromatic rings. The number of ketones is 1. The van der Waals surface area contributed by atoms with Gasteiger partial charge in [0.05, 0.1) is 10.8 Å². The van der Waals surface area contributed by atoms with Crippen LogP contribution < -0.4 is 5.73 Å². The summed E-state index contributed by atoms with van der Waals surface area (Å²) in [5.41, 5.74) is 7.57. The van der Waals surface area contributed by atoms with Crippen molar-refractivity contribution >= 4 is 34.2 Å². The van der Waals surface area contributed by atoms with Crippen molar-refractivity contribution in [3.63, 3.8) is 0 Å². The van der Waals surface area contributed by atoms with E-state index in [1.54, 1.807) is 0 Å². The first-order valence-electron chi connectivity index (χ1n) is 4.77. The largest absolute Gasteiger partial charge is 0.436 e. The first kappa shape index (κ1) is 9.47. The Labute approximate surface area is 95.5 Å². The molecule has 16 heavy (non-hydrogen) atoms. The minimum atomic E-state index is -0.0194. The number of para-hydroxylation sites is 2. The second kappa shape index (κ2) is 3.38. The summed E-state index contributed by atoms with van der Waals surface area (Å²) in [5.74, 6) is 0.683. The van der Waals surface area contributed by atoms with Gasteiger partial charge < -0.3 is 10.2 Å². The molecule has 80 valence electrons. The molecule has 0 fully saturated rings. The lowest BCUT2D eigenvalue weighted by Gasteiger charge is -1.93. The molecule has 0 radical (unpaired) electrons. The molecular weight excluding hydrogens is 224 g/mol. The molecule has 2 N–H and O–H groups in total. The summed E-state index contributed by atoms with van der Waals surface area (Å²) >= 11 is 1.33. The van der Waals surface area contributed by atoms with Gasteiger partial charge in [0.2, 0.25) is 5.89 Å². The molecule has 1 aliphatic heterocycles. The number of carbonyl (C=O) groups excluding carboxylic acids is 1. The maximum absolute atomic E-state index is 11.6. The molecule has 1 aromatic heterocycles. The summed E-state index contributed by atoms with van der Waals surface area (Å²) < 4.78 is 5.51. The van der Waals surface area contributed by atoms with Crippen molar-refractivity contribution in [3.8, 4) is 0 Å². The first-order chi connectivity index (χ1) is 7.75. The van der Waals surface area contributed by atoms with Gasteiger partial charge in [-0.25, -0.2) is 4.98 Å². The van der Waals surface area contributed by atoms with E-state index < -0.39 is 0 Å². The average molecular weight is 232 g/mol. The normalized spacial score (nSPS) is 16.4. The molecule has 2 heterocycles. The van der Waals surface area contributed by atoms with Crippen LogP contribution in [0.25, 0.3) is 16.7 Å². The lowest BCUT2D eigenvalue weighted by molar-refractivity contribution is -0.111. The highest BCUT2D eigenvalue weighted by Crippen LogP contribution is 2.32. The number of hydrogen-bond acceptors (Lipinski definition) is 5. The fourth-order valence-electron chi connectivity index (χ4n) is 1.63. The standard InChI is InChI=1S/C11H8N2O2S/c12-10-9(7(14)5-16-10)11-13-6-3-1-2-4-8(6)15-11/h1-4H,5,12H2. The quantitative estimate of drug-likeness (QED) is 0.811. The van der Waals surface area contributed by atoms with Crippen molar-refractivity contribution in [2.75, 3.05) is 5.75 Å². The maximum Gasteiger partial charge on any atom is 0.233 e. The summed E-state index contributed by atoms with van der Waals surface area (Å²) in [6.07, 6.45) is 0. The lowest BCUT2D eigenvalue weighted by Crippen LogP contribution is -2.01. The number of benzene rings is 1. The Morgan fingerprint density at radius 1 is 1.38 bits per heavy atom. The molecule has 0 amide bonds. The van der Waals surface area contributed by atoms with E-state index in [2.05, 4.69) is 4.98 Å². The van der Waals surface area contributed by atoms with Crippen molar-refractivity contribution in [2.24, 2.45) is 5.73 Å². The van der Waals surface area contributed by atoms with Crippen LogP contribution in [-0.4, -0.2) is 16.5 Å². The van der Waals surface area contributed by atoms with Crippen LogP contribution in [0.15, 0.2) is 33.7 Å². The van der Waals surface area contributed by atoms with Crippen LogP contribution in [0.2, 0.25) is 0 Å². The van der Waals surface area contributed by atoms with Crippen LogP contribution in [0, 0.1) is 0 Å². The summed E-state index contributed by atoms with van der Waals surface area (Å²) in [5, 5.41) is 0.497. The Kier molecular flexibility index (Phi) is 2.00. The Balaban J connectivity index is 2.20. The number of aromatic nitrogens is 1. The van der Waals surface area contributed by atoms with Gasteiger partial charge in [-0.3, -0.25) is 4.79 Å². The summed E-state index contributed by atoms with van der Waals surface area (Å²) in [4.78, 5) is 15.9. The van der Waals surface area contributed by atoms with Crippen LogP contribution in [0.4, 0.5) is 0 Å². The van der Waals surface area contributed by atoms with E-state index in [1.165, 1.54) is 11.8 Å². The molecule has 0 bridgehead atoms. The van der Waals surface area contributed by atoms with Gasteiger partial charge >= 0.3 is 0 Å². The van der Waals surface area contributed by atoms with Crippen LogP contribution in [0.5, 0.6) is 0 Å². The zero-order valence-corrected chi connectivity index (χ0v) is 9.08.